The molecule has 0 unspecified atom stereocenters. The van der Waals surface area contributed by atoms with Crippen LogP contribution in [0.1, 0.15) is 63.9 Å². The first kappa shape index (κ1) is 21.6. The summed E-state index contributed by atoms with van der Waals surface area (Å²) < 4.78 is 6.66. The van der Waals surface area contributed by atoms with Crippen molar-refractivity contribution in [1.29, 1.82) is 0 Å². The number of nitrogens with zero attached hydrogens (tertiary/aromatic N) is 2. The molecule has 0 fully saturated rings. The number of hydrogen-bond acceptors (Lipinski definition) is 3. The maximum atomic E-state index is 10.6. The molecule has 0 heterocycles. The third-order valence-corrected chi connectivity index (χ3v) is 4.47. The van der Waals surface area contributed by atoms with E-state index in [1.54, 1.807) is 12.1 Å². The van der Waals surface area contributed by atoms with Crippen LogP contribution in [0, 0.1) is 10.1 Å². The molecular weight excluding hydrogens is 316 g/mol. The highest BCUT2D eigenvalue weighted by Crippen LogP contribution is 2.14. The van der Waals surface area contributed by atoms with Gasteiger partial charge in [0.2, 0.25) is 0 Å². The lowest BCUT2D eigenvalue weighted by atomic mass is 10.1. The highest BCUT2D eigenvalue weighted by atomic mass is 16.6. The van der Waals surface area contributed by atoms with Gasteiger partial charge in [-0.3, -0.25) is 10.1 Å². The van der Waals surface area contributed by atoms with Crippen LogP contribution in [0.3, 0.4) is 0 Å². The zero-order valence-electron chi connectivity index (χ0n) is 16.2. The Hall–Kier alpha value is -1.46. The van der Waals surface area contributed by atoms with Crippen molar-refractivity contribution >= 4 is 5.69 Å². The number of benzene rings is 1. The summed E-state index contributed by atoms with van der Waals surface area (Å²) in [6.45, 7) is 4.53. The molecule has 1 rings (SSSR count). The van der Waals surface area contributed by atoms with Crippen LogP contribution in [0.4, 0.5) is 5.69 Å². The average molecular weight is 352 g/mol. The fraction of sp³-hybridized carbons (Fsp3) is 0.700. The van der Waals surface area contributed by atoms with E-state index in [1.807, 2.05) is 0 Å². The van der Waals surface area contributed by atoms with Crippen LogP contribution in [0.25, 0.3) is 0 Å². The zero-order chi connectivity index (χ0) is 18.5. The van der Waals surface area contributed by atoms with Gasteiger partial charge in [-0.25, -0.2) is 0 Å². The molecule has 0 saturated carbocycles. The Balaban J connectivity index is 2.13. The van der Waals surface area contributed by atoms with Crippen molar-refractivity contribution in [2.24, 2.45) is 0 Å². The van der Waals surface area contributed by atoms with Crippen molar-refractivity contribution in [2.45, 2.75) is 64.9 Å². The number of non-ortho nitro benzene ring substituents is 1. The number of ether oxygens (including phenoxy) is 1. The molecule has 0 aliphatic rings. The first-order chi connectivity index (χ1) is 11.9. The molecule has 142 valence electrons. The summed E-state index contributed by atoms with van der Waals surface area (Å²) in [7, 11) is 4.38. The molecule has 0 radical (unpaired) electrons. The quantitative estimate of drug-likeness (QED) is 0.150. The van der Waals surface area contributed by atoms with E-state index in [1.165, 1.54) is 63.5 Å². The number of nitro groups is 1. The van der Waals surface area contributed by atoms with Crippen LogP contribution in [-0.4, -0.2) is 36.8 Å². The third kappa shape index (κ3) is 10.2. The smallest absolute Gasteiger partial charge is 0.269 e. The molecule has 0 atom stereocenters. The SMILES string of the molecule is CCCCCCCCCC[N+](C)(C)COCc1ccc([N+](=O)[O-])cc1. The fourth-order valence-electron chi connectivity index (χ4n) is 2.86. The number of unbranched alkanes of at least 4 members (excludes halogenated alkanes) is 7. The number of hydrogen-bond donors (Lipinski definition) is 0. The van der Waals surface area contributed by atoms with Gasteiger partial charge in [0.15, 0.2) is 6.73 Å². The monoisotopic (exact) mass is 351 g/mol. The number of nitro benzene ring substituents is 1. The first-order valence-corrected chi connectivity index (χ1v) is 9.58. The van der Waals surface area contributed by atoms with Gasteiger partial charge in [0.25, 0.3) is 5.69 Å². The normalized spacial score (nSPS) is 11.6. The standard InChI is InChI=1S/C20H35N2O3/c1-4-5-6-7-8-9-10-11-16-22(2,3)18-25-17-19-12-14-20(15-13-19)21(23)24/h12-15H,4-11,16-18H2,1-3H3/q+1. The second-order valence-electron chi connectivity index (χ2n) is 7.54. The van der Waals surface area contributed by atoms with E-state index in [0.29, 0.717) is 13.3 Å². The lowest BCUT2D eigenvalue weighted by Gasteiger charge is -2.29. The molecular formula is C20H35N2O3+. The predicted molar refractivity (Wildman–Crippen MR) is 102 cm³/mol. The molecule has 5 nitrogen and oxygen atoms in total. The van der Waals surface area contributed by atoms with E-state index in [9.17, 15) is 10.1 Å². The van der Waals surface area contributed by atoms with Gasteiger partial charge in [-0.15, -0.1) is 0 Å². The van der Waals surface area contributed by atoms with Gasteiger partial charge >= 0.3 is 0 Å². The minimum atomic E-state index is -0.381. The van der Waals surface area contributed by atoms with Crippen LogP contribution in [0.2, 0.25) is 0 Å². The largest absolute Gasteiger partial charge is 0.327 e. The van der Waals surface area contributed by atoms with Crippen molar-refractivity contribution in [3.63, 3.8) is 0 Å². The fourth-order valence-corrected chi connectivity index (χ4v) is 2.86. The van der Waals surface area contributed by atoms with Crippen molar-refractivity contribution in [1.82, 2.24) is 0 Å². The minimum absolute atomic E-state index is 0.120. The molecule has 0 saturated heterocycles. The Kier molecular flexibility index (Phi) is 10.3. The summed E-state index contributed by atoms with van der Waals surface area (Å²) in [5.41, 5.74) is 1.09. The van der Waals surface area contributed by atoms with Crippen molar-refractivity contribution < 1.29 is 14.1 Å². The lowest BCUT2D eigenvalue weighted by molar-refractivity contribution is -0.910. The Morgan fingerprint density at radius 2 is 1.52 bits per heavy atom. The molecule has 5 heteroatoms. The maximum absolute atomic E-state index is 10.6. The number of rotatable bonds is 14. The van der Waals surface area contributed by atoms with Crippen LogP contribution >= 0.6 is 0 Å². The summed E-state index contributed by atoms with van der Waals surface area (Å²) in [5.74, 6) is 0. The van der Waals surface area contributed by atoms with Gasteiger partial charge < -0.3 is 9.22 Å². The third-order valence-electron chi connectivity index (χ3n) is 4.47. The van der Waals surface area contributed by atoms with Gasteiger partial charge in [0, 0.05) is 12.1 Å². The van der Waals surface area contributed by atoms with Crippen LogP contribution in [0.5, 0.6) is 0 Å². The second-order valence-corrected chi connectivity index (χ2v) is 7.54. The Labute approximate surface area is 152 Å². The zero-order valence-corrected chi connectivity index (χ0v) is 16.2. The van der Waals surface area contributed by atoms with Crippen molar-refractivity contribution in [3.05, 3.63) is 39.9 Å². The van der Waals surface area contributed by atoms with E-state index in [0.717, 1.165) is 16.6 Å². The van der Waals surface area contributed by atoms with Gasteiger partial charge in [-0.05, 0) is 30.5 Å². The van der Waals surface area contributed by atoms with Gasteiger partial charge in [0.05, 0.1) is 32.2 Å². The first-order valence-electron chi connectivity index (χ1n) is 9.58. The van der Waals surface area contributed by atoms with Crippen molar-refractivity contribution in [2.75, 3.05) is 27.4 Å². The lowest BCUT2D eigenvalue weighted by Crippen LogP contribution is -2.42. The molecule has 0 N–H and O–H groups in total. The molecule has 0 aliphatic carbocycles. The van der Waals surface area contributed by atoms with Crippen LogP contribution < -0.4 is 0 Å². The summed E-state index contributed by atoms with van der Waals surface area (Å²) in [5, 5.41) is 10.6. The van der Waals surface area contributed by atoms with Gasteiger partial charge in [0.1, 0.15) is 0 Å². The minimum Gasteiger partial charge on any atom is -0.327 e. The Morgan fingerprint density at radius 1 is 0.960 bits per heavy atom. The van der Waals surface area contributed by atoms with E-state index >= 15 is 0 Å². The molecule has 25 heavy (non-hydrogen) atoms. The highest BCUT2D eigenvalue weighted by molar-refractivity contribution is 5.32. The Bertz CT molecular complexity index is 486. The molecule has 1 aromatic rings. The van der Waals surface area contributed by atoms with Crippen molar-refractivity contribution in [3.8, 4) is 0 Å². The average Bonchev–Trinajstić information content (AvgIpc) is 2.57. The molecule has 1 aromatic carbocycles. The maximum Gasteiger partial charge on any atom is 0.269 e. The van der Waals surface area contributed by atoms with Crippen LogP contribution in [0.15, 0.2) is 24.3 Å². The van der Waals surface area contributed by atoms with E-state index in [4.69, 9.17) is 4.74 Å². The topological polar surface area (TPSA) is 52.4 Å². The number of quaternary nitrogens is 1. The highest BCUT2D eigenvalue weighted by Gasteiger charge is 2.14. The summed E-state index contributed by atoms with van der Waals surface area (Å²) >= 11 is 0. The van der Waals surface area contributed by atoms with Gasteiger partial charge in [-0.1, -0.05) is 45.4 Å². The summed E-state index contributed by atoms with van der Waals surface area (Å²) in [6.07, 6.45) is 10.7. The summed E-state index contributed by atoms with van der Waals surface area (Å²) in [4.78, 5) is 10.3. The molecule has 0 aliphatic heterocycles. The van der Waals surface area contributed by atoms with E-state index in [-0.39, 0.29) is 10.6 Å². The van der Waals surface area contributed by atoms with Gasteiger partial charge in [-0.2, -0.15) is 0 Å². The van der Waals surface area contributed by atoms with E-state index < -0.39 is 0 Å². The second kappa shape index (κ2) is 12.0. The molecule has 0 amide bonds. The molecule has 0 spiro atoms. The molecule has 0 bridgehead atoms. The Morgan fingerprint density at radius 3 is 2.08 bits per heavy atom. The predicted octanol–water partition coefficient (Wildman–Crippen LogP) is 5.29. The summed E-state index contributed by atoms with van der Waals surface area (Å²) in [6, 6.07) is 6.58. The van der Waals surface area contributed by atoms with Crippen LogP contribution in [-0.2, 0) is 11.3 Å². The van der Waals surface area contributed by atoms with E-state index in [2.05, 4.69) is 21.0 Å². The molecule has 0 aromatic heterocycles.